The normalized spacial score (nSPS) is 17.9. The number of thiophene rings is 1. The predicted octanol–water partition coefficient (Wildman–Crippen LogP) is 2.80. The Morgan fingerprint density at radius 2 is 2.27 bits per heavy atom. The molecule has 1 N–H and O–H groups in total. The molecular weight excluding hydrogens is 298 g/mol. The molecule has 22 heavy (non-hydrogen) atoms. The van der Waals surface area contributed by atoms with Crippen LogP contribution in [0.4, 0.5) is 5.00 Å². The second kappa shape index (κ2) is 6.81. The van der Waals surface area contributed by atoms with Crippen molar-refractivity contribution >= 4 is 22.3 Å². The third kappa shape index (κ3) is 3.23. The lowest BCUT2D eigenvalue weighted by atomic mass is 9.88. The summed E-state index contributed by atoms with van der Waals surface area (Å²) in [4.78, 5) is 14.1. The molecule has 0 saturated carbocycles. The van der Waals surface area contributed by atoms with Crippen LogP contribution in [0, 0.1) is 34.5 Å². The molecule has 0 fully saturated rings. The van der Waals surface area contributed by atoms with E-state index < -0.39 is 11.9 Å². The first-order valence-corrected chi connectivity index (χ1v) is 8.18. The van der Waals surface area contributed by atoms with Crippen LogP contribution in [0.5, 0.6) is 0 Å². The van der Waals surface area contributed by atoms with Crippen molar-refractivity contribution in [3.8, 4) is 12.1 Å². The number of nitriles is 2. The molecule has 1 aliphatic rings. The minimum absolute atomic E-state index is 0.0985. The fourth-order valence-corrected chi connectivity index (χ4v) is 4.26. The van der Waals surface area contributed by atoms with Crippen molar-refractivity contribution in [1.82, 2.24) is 0 Å². The van der Waals surface area contributed by atoms with E-state index >= 15 is 0 Å². The summed E-state index contributed by atoms with van der Waals surface area (Å²) in [5.74, 6) is -0.873. The Balaban J connectivity index is 2.38. The molecule has 2 atom stereocenters. The molecule has 0 aliphatic heterocycles. The van der Waals surface area contributed by atoms with Crippen molar-refractivity contribution in [2.45, 2.75) is 33.1 Å². The topological polar surface area (TPSA) is 88.1 Å². The van der Waals surface area contributed by atoms with Crippen LogP contribution in [-0.4, -0.2) is 24.2 Å². The number of hydrogen-bond donors (Lipinski definition) is 1. The van der Waals surface area contributed by atoms with Crippen molar-refractivity contribution in [2.75, 3.05) is 18.0 Å². The third-order valence-corrected chi connectivity index (χ3v) is 5.38. The van der Waals surface area contributed by atoms with Crippen LogP contribution in [0.2, 0.25) is 0 Å². The molecule has 1 aliphatic carbocycles. The Hall–Kier alpha value is -2.05. The summed E-state index contributed by atoms with van der Waals surface area (Å²) in [6.07, 6.45) is 2.93. The number of carbonyl (C=O) groups is 1. The lowest BCUT2D eigenvalue weighted by molar-refractivity contribution is -0.140. The van der Waals surface area contributed by atoms with E-state index in [2.05, 4.69) is 19.1 Å². The molecule has 0 spiro atoms. The first kappa shape index (κ1) is 16.3. The molecule has 1 aromatic heterocycles. The molecule has 116 valence electrons. The van der Waals surface area contributed by atoms with Crippen molar-refractivity contribution in [3.63, 3.8) is 0 Å². The van der Waals surface area contributed by atoms with E-state index in [4.69, 9.17) is 10.4 Å². The number of nitrogens with zero attached hydrogens (tertiary/aromatic N) is 3. The summed E-state index contributed by atoms with van der Waals surface area (Å²) < 4.78 is 0. The fourth-order valence-electron chi connectivity index (χ4n) is 2.79. The van der Waals surface area contributed by atoms with Crippen molar-refractivity contribution in [2.24, 2.45) is 11.8 Å². The van der Waals surface area contributed by atoms with Crippen LogP contribution in [0.3, 0.4) is 0 Å². The van der Waals surface area contributed by atoms with Crippen LogP contribution in [0.25, 0.3) is 0 Å². The largest absolute Gasteiger partial charge is 0.481 e. The van der Waals surface area contributed by atoms with Crippen LogP contribution >= 0.6 is 11.3 Å². The van der Waals surface area contributed by atoms with E-state index in [0.717, 1.165) is 29.8 Å². The summed E-state index contributed by atoms with van der Waals surface area (Å²) in [5, 5.41) is 28.4. The number of anilines is 1. The van der Waals surface area contributed by atoms with E-state index in [9.17, 15) is 10.1 Å². The predicted molar refractivity (Wildman–Crippen MR) is 84.8 cm³/mol. The SMILES string of the molecule is CC1CCc2c(sc(N(CC#N)CC(C)C(=O)O)c2C#N)C1. The van der Waals surface area contributed by atoms with Gasteiger partial charge in [-0.1, -0.05) is 13.8 Å². The smallest absolute Gasteiger partial charge is 0.308 e. The molecule has 6 heteroatoms. The summed E-state index contributed by atoms with van der Waals surface area (Å²) in [6.45, 7) is 4.16. The van der Waals surface area contributed by atoms with Gasteiger partial charge in [0, 0.05) is 11.4 Å². The Labute approximate surface area is 134 Å². The molecule has 0 aromatic carbocycles. The Morgan fingerprint density at radius 1 is 1.55 bits per heavy atom. The van der Waals surface area contributed by atoms with Gasteiger partial charge in [0.25, 0.3) is 0 Å². The molecule has 2 unspecified atom stereocenters. The molecule has 0 radical (unpaired) electrons. The van der Waals surface area contributed by atoms with Gasteiger partial charge in [-0.25, -0.2) is 0 Å². The molecule has 0 bridgehead atoms. The number of fused-ring (bicyclic) bond motifs is 1. The van der Waals surface area contributed by atoms with Crippen molar-refractivity contribution in [1.29, 1.82) is 10.5 Å². The highest BCUT2D eigenvalue weighted by molar-refractivity contribution is 7.16. The molecule has 1 heterocycles. The number of carboxylic acid groups (broad SMARTS) is 1. The first-order chi connectivity index (χ1) is 10.5. The highest BCUT2D eigenvalue weighted by atomic mass is 32.1. The van der Waals surface area contributed by atoms with Crippen LogP contribution in [0.15, 0.2) is 0 Å². The molecule has 5 nitrogen and oxygen atoms in total. The average molecular weight is 317 g/mol. The zero-order valence-corrected chi connectivity index (χ0v) is 13.6. The van der Waals surface area contributed by atoms with Crippen LogP contribution in [-0.2, 0) is 17.6 Å². The minimum Gasteiger partial charge on any atom is -0.481 e. The second-order valence-electron chi connectivity index (χ2n) is 5.92. The number of rotatable bonds is 5. The average Bonchev–Trinajstić information content (AvgIpc) is 2.83. The quantitative estimate of drug-likeness (QED) is 0.844. The second-order valence-corrected chi connectivity index (χ2v) is 7.01. The van der Waals surface area contributed by atoms with E-state index in [1.54, 1.807) is 23.2 Å². The van der Waals surface area contributed by atoms with Gasteiger partial charge in [0.1, 0.15) is 17.6 Å². The maximum Gasteiger partial charge on any atom is 0.308 e. The van der Waals surface area contributed by atoms with Gasteiger partial charge in [-0.15, -0.1) is 11.3 Å². The van der Waals surface area contributed by atoms with Gasteiger partial charge in [0.05, 0.1) is 17.6 Å². The van der Waals surface area contributed by atoms with E-state index in [1.165, 1.54) is 4.88 Å². The van der Waals surface area contributed by atoms with Crippen LogP contribution in [0.1, 0.15) is 36.3 Å². The zero-order chi connectivity index (χ0) is 16.3. The maximum atomic E-state index is 11.1. The van der Waals surface area contributed by atoms with Gasteiger partial charge in [0.15, 0.2) is 0 Å². The van der Waals surface area contributed by atoms with Gasteiger partial charge in [-0.2, -0.15) is 10.5 Å². The molecule has 0 saturated heterocycles. The molecule has 0 amide bonds. The summed E-state index contributed by atoms with van der Waals surface area (Å²) in [5.41, 5.74) is 1.74. The number of carboxylic acids is 1. The van der Waals surface area contributed by atoms with Gasteiger partial charge in [0.2, 0.25) is 0 Å². The van der Waals surface area contributed by atoms with E-state index in [-0.39, 0.29) is 13.1 Å². The molecule has 2 rings (SSSR count). The minimum atomic E-state index is -0.892. The Kier molecular flexibility index (Phi) is 5.05. The Morgan fingerprint density at radius 3 is 2.86 bits per heavy atom. The Bertz CT molecular complexity index is 654. The molecular formula is C16H19N3O2S. The highest BCUT2D eigenvalue weighted by Gasteiger charge is 2.27. The van der Waals surface area contributed by atoms with Gasteiger partial charge >= 0.3 is 5.97 Å². The van der Waals surface area contributed by atoms with E-state index in [0.29, 0.717) is 11.5 Å². The third-order valence-electron chi connectivity index (χ3n) is 4.07. The lowest BCUT2D eigenvalue weighted by Gasteiger charge is -2.22. The maximum absolute atomic E-state index is 11.1. The highest BCUT2D eigenvalue weighted by Crippen LogP contribution is 2.41. The van der Waals surface area contributed by atoms with Gasteiger partial charge in [-0.3, -0.25) is 4.79 Å². The first-order valence-electron chi connectivity index (χ1n) is 7.37. The van der Waals surface area contributed by atoms with Crippen LogP contribution < -0.4 is 4.90 Å². The monoisotopic (exact) mass is 317 g/mol. The lowest BCUT2D eigenvalue weighted by Crippen LogP contribution is -2.32. The van der Waals surface area contributed by atoms with E-state index in [1.807, 2.05) is 0 Å². The fraction of sp³-hybridized carbons (Fsp3) is 0.562. The summed E-state index contributed by atoms with van der Waals surface area (Å²) in [6, 6.07) is 4.35. The standard InChI is InChI=1S/C16H19N3O2S/c1-10-3-4-12-13(8-18)15(22-14(12)7-10)19(6-5-17)9-11(2)16(20)21/h10-11H,3-4,6-7,9H2,1-2H3,(H,20,21). The van der Waals surface area contributed by atoms with Gasteiger partial charge in [-0.05, 0) is 30.7 Å². The van der Waals surface area contributed by atoms with Crippen molar-refractivity contribution < 1.29 is 9.90 Å². The summed E-state index contributed by atoms with van der Waals surface area (Å²) in [7, 11) is 0. The number of hydrogen-bond acceptors (Lipinski definition) is 5. The van der Waals surface area contributed by atoms with Gasteiger partial charge < -0.3 is 10.0 Å². The summed E-state index contributed by atoms with van der Waals surface area (Å²) >= 11 is 1.55. The zero-order valence-electron chi connectivity index (χ0n) is 12.8. The molecule has 1 aromatic rings. The van der Waals surface area contributed by atoms with Crippen molar-refractivity contribution in [3.05, 3.63) is 16.0 Å². The number of aliphatic carboxylic acids is 1.